The van der Waals surface area contributed by atoms with Crippen LogP contribution in [0.3, 0.4) is 0 Å². The van der Waals surface area contributed by atoms with Crippen molar-refractivity contribution in [3.8, 4) is 0 Å². The third-order valence-electron chi connectivity index (χ3n) is 4.25. The molecule has 1 aromatic heterocycles. The Morgan fingerprint density at radius 3 is 2.48 bits per heavy atom. The molecule has 1 aliphatic carbocycles. The van der Waals surface area contributed by atoms with Crippen molar-refractivity contribution in [2.24, 2.45) is 11.7 Å². The molecule has 1 heterocycles. The molecule has 1 saturated carbocycles. The molecular formula is C16H26N4O. The second-order valence-electron chi connectivity index (χ2n) is 5.68. The van der Waals surface area contributed by atoms with Crippen molar-refractivity contribution in [2.75, 3.05) is 23.3 Å². The van der Waals surface area contributed by atoms with E-state index >= 15 is 0 Å². The van der Waals surface area contributed by atoms with Gasteiger partial charge in [-0.3, -0.25) is 4.79 Å². The molecule has 0 radical (unpaired) electrons. The van der Waals surface area contributed by atoms with Gasteiger partial charge in [-0.2, -0.15) is 0 Å². The highest BCUT2D eigenvalue weighted by atomic mass is 16.1. The molecular weight excluding hydrogens is 264 g/mol. The highest BCUT2D eigenvalue weighted by Crippen LogP contribution is 2.24. The van der Waals surface area contributed by atoms with Crippen LogP contribution < -0.4 is 16.0 Å². The number of nitrogens with two attached hydrogens (primary N) is 1. The number of aromatic nitrogens is 1. The predicted molar refractivity (Wildman–Crippen MR) is 86.4 cm³/mol. The van der Waals surface area contributed by atoms with Crippen LogP contribution in [0, 0.1) is 5.92 Å². The number of anilines is 2. The van der Waals surface area contributed by atoms with E-state index in [1.54, 1.807) is 6.20 Å². The molecule has 3 N–H and O–H groups in total. The first kappa shape index (κ1) is 15.8. The molecule has 0 atom stereocenters. The van der Waals surface area contributed by atoms with Crippen LogP contribution in [0.25, 0.3) is 0 Å². The average molecular weight is 290 g/mol. The van der Waals surface area contributed by atoms with Crippen LogP contribution in [0.4, 0.5) is 11.5 Å². The summed E-state index contributed by atoms with van der Waals surface area (Å²) in [4.78, 5) is 18.8. The van der Waals surface area contributed by atoms with Crippen LogP contribution in [-0.4, -0.2) is 30.0 Å². The minimum atomic E-state index is 0.0901. The number of amides is 1. The summed E-state index contributed by atoms with van der Waals surface area (Å²) >= 11 is 0. The fourth-order valence-corrected chi connectivity index (χ4v) is 2.82. The first-order valence-corrected chi connectivity index (χ1v) is 7.91. The molecule has 5 nitrogen and oxygen atoms in total. The Labute approximate surface area is 126 Å². The third kappa shape index (κ3) is 4.17. The van der Waals surface area contributed by atoms with E-state index in [-0.39, 0.29) is 17.9 Å². The van der Waals surface area contributed by atoms with Crippen molar-refractivity contribution in [1.82, 2.24) is 4.98 Å². The topological polar surface area (TPSA) is 71.2 Å². The summed E-state index contributed by atoms with van der Waals surface area (Å²) in [5.41, 5.74) is 6.64. The fraction of sp³-hybridized carbons (Fsp3) is 0.625. The minimum Gasteiger partial charge on any atom is -0.357 e. The Morgan fingerprint density at radius 2 is 1.95 bits per heavy atom. The van der Waals surface area contributed by atoms with Gasteiger partial charge in [0.05, 0.1) is 11.9 Å². The van der Waals surface area contributed by atoms with E-state index in [9.17, 15) is 4.79 Å². The van der Waals surface area contributed by atoms with Gasteiger partial charge in [-0.25, -0.2) is 4.98 Å². The van der Waals surface area contributed by atoms with Crippen molar-refractivity contribution in [2.45, 2.75) is 45.6 Å². The highest BCUT2D eigenvalue weighted by molar-refractivity contribution is 5.92. The van der Waals surface area contributed by atoms with E-state index in [2.05, 4.69) is 29.0 Å². The lowest BCUT2D eigenvalue weighted by Crippen LogP contribution is -2.32. The van der Waals surface area contributed by atoms with E-state index in [1.165, 1.54) is 0 Å². The number of hydrogen-bond donors (Lipinski definition) is 2. The molecule has 21 heavy (non-hydrogen) atoms. The summed E-state index contributed by atoms with van der Waals surface area (Å²) in [5.74, 6) is 1.13. The van der Waals surface area contributed by atoms with Gasteiger partial charge in [-0.1, -0.05) is 0 Å². The summed E-state index contributed by atoms with van der Waals surface area (Å²) in [6.07, 6.45) is 5.39. The zero-order valence-corrected chi connectivity index (χ0v) is 13.0. The zero-order chi connectivity index (χ0) is 15.2. The lowest BCUT2D eigenvalue weighted by atomic mass is 9.86. The van der Waals surface area contributed by atoms with Crippen LogP contribution >= 0.6 is 0 Å². The fourth-order valence-electron chi connectivity index (χ4n) is 2.82. The lowest BCUT2D eigenvalue weighted by Gasteiger charge is -2.25. The second-order valence-corrected chi connectivity index (χ2v) is 5.68. The SMILES string of the molecule is CCN(CC)c1ccc(NC(=O)C2CCC(N)CC2)cn1. The molecule has 1 fully saturated rings. The van der Waals surface area contributed by atoms with Gasteiger partial charge in [0.15, 0.2) is 0 Å². The number of pyridine rings is 1. The summed E-state index contributed by atoms with van der Waals surface area (Å²) in [6, 6.07) is 4.15. The predicted octanol–water partition coefficient (Wildman–Crippen LogP) is 2.38. The highest BCUT2D eigenvalue weighted by Gasteiger charge is 2.24. The maximum absolute atomic E-state index is 12.2. The number of nitrogens with one attached hydrogen (secondary N) is 1. The van der Waals surface area contributed by atoms with E-state index in [1.807, 2.05) is 12.1 Å². The van der Waals surface area contributed by atoms with Crippen molar-refractivity contribution < 1.29 is 4.79 Å². The number of rotatable bonds is 5. The lowest BCUT2D eigenvalue weighted by molar-refractivity contribution is -0.120. The van der Waals surface area contributed by atoms with Crippen molar-refractivity contribution in [1.29, 1.82) is 0 Å². The number of hydrogen-bond acceptors (Lipinski definition) is 4. The van der Waals surface area contributed by atoms with E-state index < -0.39 is 0 Å². The number of carbonyl (C=O) groups excluding carboxylic acids is 1. The van der Waals surface area contributed by atoms with Gasteiger partial charge >= 0.3 is 0 Å². The van der Waals surface area contributed by atoms with Gasteiger partial charge in [-0.05, 0) is 51.7 Å². The van der Waals surface area contributed by atoms with Gasteiger partial charge in [-0.15, -0.1) is 0 Å². The van der Waals surface area contributed by atoms with Gasteiger partial charge in [0.2, 0.25) is 5.91 Å². The Morgan fingerprint density at radius 1 is 1.29 bits per heavy atom. The summed E-state index contributed by atoms with van der Waals surface area (Å²) in [7, 11) is 0. The molecule has 0 saturated heterocycles. The molecule has 1 aromatic rings. The van der Waals surface area contributed by atoms with Crippen LogP contribution in [0.5, 0.6) is 0 Å². The maximum Gasteiger partial charge on any atom is 0.227 e. The Kier molecular flexibility index (Phi) is 5.56. The molecule has 2 rings (SSSR count). The van der Waals surface area contributed by atoms with Gasteiger partial charge in [0.1, 0.15) is 5.82 Å². The van der Waals surface area contributed by atoms with Crippen LogP contribution in [0.15, 0.2) is 18.3 Å². The molecule has 1 amide bonds. The first-order valence-electron chi connectivity index (χ1n) is 7.91. The van der Waals surface area contributed by atoms with Crippen molar-refractivity contribution in [3.05, 3.63) is 18.3 Å². The van der Waals surface area contributed by atoms with Crippen molar-refractivity contribution in [3.63, 3.8) is 0 Å². The Bertz CT molecular complexity index is 448. The van der Waals surface area contributed by atoms with Crippen LogP contribution in [0.2, 0.25) is 0 Å². The monoisotopic (exact) mass is 290 g/mol. The molecule has 1 aliphatic rings. The average Bonchev–Trinajstić information content (AvgIpc) is 2.51. The number of nitrogens with zero attached hydrogens (tertiary/aromatic N) is 2. The summed E-state index contributed by atoms with van der Waals surface area (Å²) < 4.78 is 0. The molecule has 0 spiro atoms. The summed E-state index contributed by atoms with van der Waals surface area (Å²) in [5, 5.41) is 2.97. The third-order valence-corrected chi connectivity index (χ3v) is 4.25. The minimum absolute atomic E-state index is 0.0901. The molecule has 0 bridgehead atoms. The van der Waals surface area contributed by atoms with Crippen molar-refractivity contribution >= 4 is 17.4 Å². The van der Waals surface area contributed by atoms with E-state index in [0.29, 0.717) is 0 Å². The van der Waals surface area contributed by atoms with E-state index in [4.69, 9.17) is 5.73 Å². The number of carbonyl (C=O) groups is 1. The van der Waals surface area contributed by atoms with Crippen LogP contribution in [0.1, 0.15) is 39.5 Å². The quantitative estimate of drug-likeness (QED) is 0.873. The summed E-state index contributed by atoms with van der Waals surface area (Å²) in [6.45, 7) is 6.07. The Hall–Kier alpha value is -1.62. The largest absolute Gasteiger partial charge is 0.357 e. The van der Waals surface area contributed by atoms with Gasteiger partial charge in [0, 0.05) is 25.0 Å². The zero-order valence-electron chi connectivity index (χ0n) is 13.0. The molecule has 0 unspecified atom stereocenters. The van der Waals surface area contributed by atoms with Crippen LogP contribution in [-0.2, 0) is 4.79 Å². The molecule has 116 valence electrons. The standard InChI is InChI=1S/C16H26N4O/c1-3-20(4-2)15-10-9-14(11-18-15)19-16(21)12-5-7-13(17)8-6-12/h9-13H,3-8,17H2,1-2H3,(H,19,21). The van der Waals surface area contributed by atoms with E-state index in [0.717, 1.165) is 50.3 Å². The first-order chi connectivity index (χ1) is 10.1. The normalized spacial score (nSPS) is 21.9. The second kappa shape index (κ2) is 7.41. The molecule has 0 aliphatic heterocycles. The molecule has 0 aromatic carbocycles. The van der Waals surface area contributed by atoms with Gasteiger partial charge in [0.25, 0.3) is 0 Å². The van der Waals surface area contributed by atoms with Gasteiger partial charge < -0.3 is 16.0 Å². The smallest absolute Gasteiger partial charge is 0.227 e. The maximum atomic E-state index is 12.2. The molecule has 5 heteroatoms. The Balaban J connectivity index is 1.92.